The van der Waals surface area contributed by atoms with E-state index in [-0.39, 0.29) is 12.1 Å². The smallest absolute Gasteiger partial charge is 0.256 e. The first-order valence-corrected chi connectivity index (χ1v) is 10.5. The number of carbonyl (C=O) groups is 1. The van der Waals surface area contributed by atoms with Gasteiger partial charge in [-0.3, -0.25) is 4.79 Å². The van der Waals surface area contributed by atoms with Gasteiger partial charge < -0.3 is 20.1 Å². The molecule has 144 valence electrons. The molecule has 1 aromatic carbocycles. The van der Waals surface area contributed by atoms with Gasteiger partial charge in [0.15, 0.2) is 11.5 Å². The molecule has 0 fully saturated rings. The Balaban J connectivity index is 1.64. The van der Waals surface area contributed by atoms with Crippen molar-refractivity contribution in [1.29, 1.82) is 0 Å². The predicted octanol–water partition coefficient (Wildman–Crippen LogP) is 4.52. The average Bonchev–Trinajstić information content (AvgIpc) is 3.01. The van der Waals surface area contributed by atoms with Gasteiger partial charge in [-0.2, -0.15) is 0 Å². The zero-order valence-corrected chi connectivity index (χ0v) is 16.9. The van der Waals surface area contributed by atoms with Crippen molar-refractivity contribution in [2.75, 3.05) is 18.5 Å². The van der Waals surface area contributed by atoms with Gasteiger partial charge in [-0.05, 0) is 62.3 Å². The van der Waals surface area contributed by atoms with Crippen molar-refractivity contribution in [3.8, 4) is 11.5 Å². The molecule has 1 amide bonds. The van der Waals surface area contributed by atoms with Crippen molar-refractivity contribution in [3.05, 3.63) is 39.8 Å². The van der Waals surface area contributed by atoms with E-state index in [9.17, 15) is 4.79 Å². The molecule has 0 radical (unpaired) electrons. The SMILES string of the molecule is CCOc1ccc([C@H]2NC(=O)c3c(sc4c3CC[C@H](C)C4)N2)cc1OCC. The maximum absolute atomic E-state index is 12.9. The Bertz CT molecular complexity index is 861. The van der Waals surface area contributed by atoms with Crippen LogP contribution in [0.4, 0.5) is 5.00 Å². The summed E-state index contributed by atoms with van der Waals surface area (Å²) in [4.78, 5) is 14.2. The second-order valence-electron chi connectivity index (χ2n) is 7.18. The standard InChI is InChI=1S/C21H26N2O3S/c1-4-25-15-9-7-13(11-16(15)26-5-2)19-22-20(24)18-14-8-6-12(3)10-17(14)27-21(18)23-19/h7,9,11-12,19,23H,4-6,8,10H2,1-3H3,(H,22,24)/t12-,19-/m0/s1. The Labute approximate surface area is 164 Å². The molecular formula is C21H26N2O3S. The van der Waals surface area contributed by atoms with Gasteiger partial charge in [-0.1, -0.05) is 13.0 Å². The number of nitrogens with one attached hydrogen (secondary N) is 2. The monoisotopic (exact) mass is 386 g/mol. The normalized spacial score (nSPS) is 20.9. The number of anilines is 1. The van der Waals surface area contributed by atoms with Gasteiger partial charge in [-0.15, -0.1) is 11.3 Å². The molecule has 2 atom stereocenters. The highest BCUT2D eigenvalue weighted by molar-refractivity contribution is 7.16. The summed E-state index contributed by atoms with van der Waals surface area (Å²) in [6.07, 6.45) is 2.96. The van der Waals surface area contributed by atoms with Crippen molar-refractivity contribution in [1.82, 2.24) is 5.32 Å². The zero-order valence-electron chi connectivity index (χ0n) is 16.1. The highest BCUT2D eigenvalue weighted by Gasteiger charge is 2.33. The topological polar surface area (TPSA) is 59.6 Å². The molecular weight excluding hydrogens is 360 g/mol. The van der Waals surface area contributed by atoms with Gasteiger partial charge in [0.05, 0.1) is 18.8 Å². The molecule has 1 aliphatic heterocycles. The lowest BCUT2D eigenvalue weighted by Crippen LogP contribution is -2.38. The molecule has 2 aliphatic rings. The van der Waals surface area contributed by atoms with Crippen LogP contribution in [-0.2, 0) is 12.8 Å². The van der Waals surface area contributed by atoms with Crippen LogP contribution in [0.25, 0.3) is 0 Å². The van der Waals surface area contributed by atoms with Crippen LogP contribution < -0.4 is 20.1 Å². The van der Waals surface area contributed by atoms with Crippen LogP contribution in [0.3, 0.4) is 0 Å². The lowest BCUT2D eigenvalue weighted by atomic mass is 9.88. The fraction of sp³-hybridized carbons (Fsp3) is 0.476. The summed E-state index contributed by atoms with van der Waals surface area (Å²) in [5, 5.41) is 7.64. The second kappa shape index (κ2) is 7.43. The maximum Gasteiger partial charge on any atom is 0.256 e. The van der Waals surface area contributed by atoms with Gasteiger partial charge in [0.1, 0.15) is 11.2 Å². The summed E-state index contributed by atoms with van der Waals surface area (Å²) >= 11 is 1.74. The average molecular weight is 387 g/mol. The molecule has 0 unspecified atom stereocenters. The summed E-state index contributed by atoms with van der Waals surface area (Å²) in [7, 11) is 0. The number of benzene rings is 1. The minimum absolute atomic E-state index is 0.0210. The van der Waals surface area contributed by atoms with Crippen molar-refractivity contribution in [2.45, 2.75) is 46.2 Å². The number of fused-ring (bicyclic) bond motifs is 3. The minimum Gasteiger partial charge on any atom is -0.490 e. The fourth-order valence-electron chi connectivity index (χ4n) is 3.88. The number of hydrogen-bond donors (Lipinski definition) is 2. The number of thiophene rings is 1. The minimum atomic E-state index is -0.266. The highest BCUT2D eigenvalue weighted by Crippen LogP contribution is 2.43. The summed E-state index contributed by atoms with van der Waals surface area (Å²) in [6.45, 7) is 7.33. The van der Waals surface area contributed by atoms with Gasteiger partial charge >= 0.3 is 0 Å². The lowest BCUT2D eigenvalue weighted by molar-refractivity contribution is 0.0935. The third-order valence-electron chi connectivity index (χ3n) is 5.19. The van der Waals surface area contributed by atoms with Crippen molar-refractivity contribution >= 4 is 22.2 Å². The third-order valence-corrected chi connectivity index (χ3v) is 6.38. The zero-order chi connectivity index (χ0) is 19.0. The number of hydrogen-bond acceptors (Lipinski definition) is 5. The Morgan fingerprint density at radius 3 is 2.70 bits per heavy atom. The first-order valence-electron chi connectivity index (χ1n) is 9.72. The Kier molecular flexibility index (Phi) is 5.00. The van der Waals surface area contributed by atoms with Crippen LogP contribution >= 0.6 is 11.3 Å². The molecule has 1 aliphatic carbocycles. The van der Waals surface area contributed by atoms with Gasteiger partial charge in [0.25, 0.3) is 5.91 Å². The van der Waals surface area contributed by atoms with Crippen LogP contribution in [-0.4, -0.2) is 19.1 Å². The van der Waals surface area contributed by atoms with E-state index in [1.54, 1.807) is 11.3 Å². The van der Waals surface area contributed by atoms with E-state index in [4.69, 9.17) is 9.47 Å². The van der Waals surface area contributed by atoms with Crippen molar-refractivity contribution in [3.63, 3.8) is 0 Å². The fourth-order valence-corrected chi connectivity index (χ4v) is 5.31. The summed E-state index contributed by atoms with van der Waals surface area (Å²) < 4.78 is 11.4. The van der Waals surface area contributed by atoms with E-state index >= 15 is 0 Å². The molecule has 0 bridgehead atoms. The first-order chi connectivity index (χ1) is 13.1. The van der Waals surface area contributed by atoms with Gasteiger partial charge in [0, 0.05) is 4.88 Å². The van der Waals surface area contributed by atoms with Crippen LogP contribution in [0.15, 0.2) is 18.2 Å². The number of rotatable bonds is 5. The molecule has 6 heteroatoms. The molecule has 0 saturated heterocycles. The third kappa shape index (κ3) is 3.38. The number of ether oxygens (including phenoxy) is 2. The summed E-state index contributed by atoms with van der Waals surface area (Å²) in [6, 6.07) is 5.84. The second-order valence-corrected chi connectivity index (χ2v) is 8.28. The summed E-state index contributed by atoms with van der Waals surface area (Å²) in [5.41, 5.74) is 3.06. The molecule has 2 heterocycles. The molecule has 2 N–H and O–H groups in total. The maximum atomic E-state index is 12.9. The van der Waals surface area contributed by atoms with E-state index in [0.717, 1.165) is 41.1 Å². The Morgan fingerprint density at radius 2 is 1.93 bits per heavy atom. The van der Waals surface area contributed by atoms with Crippen LogP contribution in [0.5, 0.6) is 11.5 Å². The molecule has 5 nitrogen and oxygen atoms in total. The number of amides is 1. The molecule has 2 aromatic rings. The molecule has 0 spiro atoms. The Hall–Kier alpha value is -2.21. The molecule has 4 rings (SSSR count). The highest BCUT2D eigenvalue weighted by atomic mass is 32.1. The van der Waals surface area contributed by atoms with E-state index < -0.39 is 0 Å². The van der Waals surface area contributed by atoms with Gasteiger partial charge in [0.2, 0.25) is 0 Å². The first kappa shape index (κ1) is 18.2. The largest absolute Gasteiger partial charge is 0.490 e. The predicted molar refractivity (Wildman–Crippen MR) is 108 cm³/mol. The Morgan fingerprint density at radius 1 is 1.15 bits per heavy atom. The molecule has 0 saturated carbocycles. The van der Waals surface area contributed by atoms with Crippen LogP contribution in [0.1, 0.15) is 59.7 Å². The van der Waals surface area contributed by atoms with E-state index in [1.165, 1.54) is 10.4 Å². The van der Waals surface area contributed by atoms with Crippen LogP contribution in [0, 0.1) is 5.92 Å². The van der Waals surface area contributed by atoms with E-state index in [2.05, 4.69) is 17.6 Å². The van der Waals surface area contributed by atoms with Crippen LogP contribution in [0.2, 0.25) is 0 Å². The van der Waals surface area contributed by atoms with Gasteiger partial charge in [-0.25, -0.2) is 0 Å². The number of carbonyl (C=O) groups excluding carboxylic acids is 1. The van der Waals surface area contributed by atoms with E-state index in [1.807, 2.05) is 32.0 Å². The lowest BCUT2D eigenvalue weighted by Gasteiger charge is -2.27. The summed E-state index contributed by atoms with van der Waals surface area (Å²) in [5.74, 6) is 2.15. The van der Waals surface area contributed by atoms with E-state index in [0.29, 0.717) is 24.9 Å². The quantitative estimate of drug-likeness (QED) is 0.793. The van der Waals surface area contributed by atoms with Crippen molar-refractivity contribution in [2.24, 2.45) is 5.92 Å². The molecule has 27 heavy (non-hydrogen) atoms. The molecule has 1 aromatic heterocycles. The van der Waals surface area contributed by atoms with Crippen molar-refractivity contribution < 1.29 is 14.3 Å².